The highest BCUT2D eigenvalue weighted by molar-refractivity contribution is 9.10. The summed E-state index contributed by atoms with van der Waals surface area (Å²) in [5.74, 6) is 0. The van der Waals surface area contributed by atoms with Gasteiger partial charge in [-0.05, 0) is 22.0 Å². The minimum absolute atomic E-state index is 0.220. The van der Waals surface area contributed by atoms with E-state index in [2.05, 4.69) is 15.9 Å². The van der Waals surface area contributed by atoms with Gasteiger partial charge in [0.05, 0.1) is 14.5 Å². The van der Waals surface area contributed by atoms with Crippen molar-refractivity contribution in [1.29, 1.82) is 0 Å². The van der Waals surface area contributed by atoms with E-state index in [9.17, 15) is 0 Å². The minimum atomic E-state index is -1.58. The van der Waals surface area contributed by atoms with Crippen molar-refractivity contribution in [2.24, 2.45) is 0 Å². The molecule has 1 aromatic carbocycles. The third-order valence-electron chi connectivity index (χ3n) is 1.34. The Bertz CT molecular complexity index is 306. The molecule has 0 aliphatic rings. The van der Waals surface area contributed by atoms with Gasteiger partial charge in [-0.15, -0.1) is 0 Å². The molecule has 0 saturated carbocycles. The number of hydrogen-bond donors (Lipinski definition) is 2. The highest BCUT2D eigenvalue weighted by atomic mass is 79.9. The first-order valence-corrected chi connectivity index (χ1v) is 4.58. The lowest BCUT2D eigenvalue weighted by Gasteiger charge is -2.05. The standard InChI is InChI=1S/C6H4BBrCl2O2/c8-5-4(9)2-1-3(6(5)10)7(11)12/h1-2,11-12H. The molecule has 0 saturated heterocycles. The molecule has 1 aromatic rings. The van der Waals surface area contributed by atoms with Gasteiger partial charge in [0.15, 0.2) is 0 Å². The summed E-state index contributed by atoms with van der Waals surface area (Å²) >= 11 is 14.6. The zero-order valence-electron chi connectivity index (χ0n) is 5.76. The maximum absolute atomic E-state index is 8.83. The molecule has 0 heterocycles. The lowest BCUT2D eigenvalue weighted by molar-refractivity contribution is 0.426. The average molecular weight is 270 g/mol. The number of rotatable bonds is 1. The fourth-order valence-corrected chi connectivity index (χ4v) is 1.57. The van der Waals surface area contributed by atoms with Crippen molar-refractivity contribution < 1.29 is 10.0 Å². The maximum Gasteiger partial charge on any atom is 0.489 e. The van der Waals surface area contributed by atoms with Gasteiger partial charge in [-0.1, -0.05) is 29.3 Å². The number of benzene rings is 1. The smallest absolute Gasteiger partial charge is 0.423 e. The van der Waals surface area contributed by atoms with Gasteiger partial charge in [0.1, 0.15) is 0 Å². The van der Waals surface area contributed by atoms with Crippen LogP contribution in [0.25, 0.3) is 0 Å². The zero-order chi connectivity index (χ0) is 9.30. The Labute approximate surface area is 88.4 Å². The van der Waals surface area contributed by atoms with Gasteiger partial charge in [-0.3, -0.25) is 0 Å². The Balaban J connectivity index is 3.27. The molecule has 0 bridgehead atoms. The van der Waals surface area contributed by atoms with Gasteiger partial charge in [0.2, 0.25) is 0 Å². The van der Waals surface area contributed by atoms with E-state index in [1.54, 1.807) is 0 Å². The second kappa shape index (κ2) is 3.98. The normalized spacial score (nSPS) is 10.1. The lowest BCUT2D eigenvalue weighted by Crippen LogP contribution is -2.30. The Morgan fingerprint density at radius 3 is 2.33 bits per heavy atom. The summed E-state index contributed by atoms with van der Waals surface area (Å²) < 4.78 is 0.469. The van der Waals surface area contributed by atoms with Crippen LogP contribution in [0.1, 0.15) is 0 Å². The SMILES string of the molecule is OB(O)c1ccc(Cl)c(Br)c1Cl. The highest BCUT2D eigenvalue weighted by Crippen LogP contribution is 2.28. The number of hydrogen-bond acceptors (Lipinski definition) is 2. The van der Waals surface area contributed by atoms with Crippen molar-refractivity contribution >= 4 is 51.7 Å². The molecule has 64 valence electrons. The van der Waals surface area contributed by atoms with Gasteiger partial charge >= 0.3 is 7.12 Å². The summed E-state index contributed by atoms with van der Waals surface area (Å²) in [6, 6.07) is 2.99. The molecule has 1 rings (SSSR count). The molecular weight excluding hydrogens is 266 g/mol. The van der Waals surface area contributed by atoms with Gasteiger partial charge in [-0.25, -0.2) is 0 Å². The third-order valence-corrected chi connectivity index (χ3v) is 3.35. The Kier molecular flexibility index (Phi) is 3.43. The van der Waals surface area contributed by atoms with E-state index >= 15 is 0 Å². The molecule has 0 aliphatic carbocycles. The Hall–Kier alpha value is 0.265. The van der Waals surface area contributed by atoms with Crippen molar-refractivity contribution in [2.75, 3.05) is 0 Å². The van der Waals surface area contributed by atoms with Crippen LogP contribution in [0.4, 0.5) is 0 Å². The monoisotopic (exact) mass is 268 g/mol. The molecule has 0 aromatic heterocycles. The molecule has 0 spiro atoms. The maximum atomic E-state index is 8.83. The molecule has 2 nitrogen and oxygen atoms in total. The molecule has 2 N–H and O–H groups in total. The van der Waals surface area contributed by atoms with E-state index in [1.807, 2.05) is 0 Å². The molecule has 0 amide bonds. The first kappa shape index (κ1) is 10.3. The molecule has 0 aliphatic heterocycles. The number of halogens is 3. The van der Waals surface area contributed by atoms with Crippen LogP contribution in [0.15, 0.2) is 16.6 Å². The van der Waals surface area contributed by atoms with Crippen LogP contribution in [0, 0.1) is 0 Å². The topological polar surface area (TPSA) is 40.5 Å². The van der Waals surface area contributed by atoms with Crippen LogP contribution < -0.4 is 5.46 Å². The van der Waals surface area contributed by atoms with E-state index in [0.29, 0.717) is 9.50 Å². The molecule has 0 radical (unpaired) electrons. The van der Waals surface area contributed by atoms with Crippen molar-refractivity contribution in [3.8, 4) is 0 Å². The van der Waals surface area contributed by atoms with Crippen LogP contribution in [0.5, 0.6) is 0 Å². The van der Waals surface area contributed by atoms with E-state index < -0.39 is 7.12 Å². The van der Waals surface area contributed by atoms with Crippen LogP contribution in [0.2, 0.25) is 10.0 Å². The first-order chi connectivity index (χ1) is 5.54. The minimum Gasteiger partial charge on any atom is -0.423 e. The molecule has 6 heteroatoms. The molecular formula is C6H4BBrCl2O2. The Morgan fingerprint density at radius 2 is 1.83 bits per heavy atom. The summed E-state index contributed by atoms with van der Waals surface area (Å²) in [7, 11) is -1.58. The first-order valence-electron chi connectivity index (χ1n) is 3.03. The van der Waals surface area contributed by atoms with Crippen LogP contribution in [-0.4, -0.2) is 17.2 Å². The van der Waals surface area contributed by atoms with Crippen LogP contribution in [-0.2, 0) is 0 Å². The van der Waals surface area contributed by atoms with Gasteiger partial charge in [0.25, 0.3) is 0 Å². The summed E-state index contributed by atoms with van der Waals surface area (Å²) in [5, 5.41) is 18.3. The summed E-state index contributed by atoms with van der Waals surface area (Å²) in [6.45, 7) is 0. The Morgan fingerprint density at radius 1 is 1.25 bits per heavy atom. The van der Waals surface area contributed by atoms with Gasteiger partial charge < -0.3 is 10.0 Å². The quantitative estimate of drug-likeness (QED) is 0.598. The van der Waals surface area contributed by atoms with Crippen LogP contribution >= 0.6 is 39.1 Å². The molecule has 12 heavy (non-hydrogen) atoms. The lowest BCUT2D eigenvalue weighted by atomic mass is 9.80. The molecule has 0 fully saturated rings. The molecule has 0 unspecified atom stereocenters. The average Bonchev–Trinajstić information content (AvgIpc) is 2.00. The summed E-state index contributed by atoms with van der Waals surface area (Å²) in [4.78, 5) is 0. The predicted octanol–water partition coefficient (Wildman–Crippen LogP) is 1.44. The second-order valence-electron chi connectivity index (χ2n) is 2.14. The van der Waals surface area contributed by atoms with Crippen molar-refractivity contribution in [2.45, 2.75) is 0 Å². The third kappa shape index (κ3) is 1.95. The fraction of sp³-hybridized carbons (Fsp3) is 0. The van der Waals surface area contributed by atoms with Gasteiger partial charge in [0, 0.05) is 5.46 Å². The van der Waals surface area contributed by atoms with Crippen molar-refractivity contribution in [3.63, 3.8) is 0 Å². The van der Waals surface area contributed by atoms with Crippen LogP contribution in [0.3, 0.4) is 0 Å². The largest absolute Gasteiger partial charge is 0.489 e. The van der Waals surface area contributed by atoms with E-state index in [-0.39, 0.29) is 10.5 Å². The van der Waals surface area contributed by atoms with Gasteiger partial charge in [-0.2, -0.15) is 0 Å². The predicted molar refractivity (Wildman–Crippen MR) is 54.0 cm³/mol. The van der Waals surface area contributed by atoms with E-state index in [1.165, 1.54) is 12.1 Å². The highest BCUT2D eigenvalue weighted by Gasteiger charge is 2.17. The van der Waals surface area contributed by atoms with E-state index in [4.69, 9.17) is 33.2 Å². The van der Waals surface area contributed by atoms with Crippen molar-refractivity contribution in [3.05, 3.63) is 26.7 Å². The zero-order valence-corrected chi connectivity index (χ0v) is 8.86. The van der Waals surface area contributed by atoms with Crippen molar-refractivity contribution in [1.82, 2.24) is 0 Å². The second-order valence-corrected chi connectivity index (χ2v) is 3.72. The summed E-state index contributed by atoms with van der Waals surface area (Å²) in [6.07, 6.45) is 0. The van der Waals surface area contributed by atoms with E-state index in [0.717, 1.165) is 0 Å². The fourth-order valence-electron chi connectivity index (χ4n) is 0.740. The summed E-state index contributed by atoms with van der Waals surface area (Å²) in [5.41, 5.74) is 0.230. The molecule has 0 atom stereocenters.